The molecule has 0 unspecified atom stereocenters. The molecule has 3 N–H and O–H groups in total. The van der Waals surface area contributed by atoms with Crippen molar-refractivity contribution in [2.75, 3.05) is 42.6 Å². The number of hydrogen-bond acceptors (Lipinski definition) is 8. The summed E-state index contributed by atoms with van der Waals surface area (Å²) >= 11 is 0. The van der Waals surface area contributed by atoms with Gasteiger partial charge in [0, 0.05) is 42.3 Å². The quantitative estimate of drug-likeness (QED) is 0.263. The third-order valence-corrected chi connectivity index (χ3v) is 8.81. The van der Waals surface area contributed by atoms with Crippen molar-refractivity contribution in [1.82, 2.24) is 4.57 Å². The first-order valence-corrected chi connectivity index (χ1v) is 14.3. The fraction of sp³-hybridized carbons (Fsp3) is 0.433. The van der Waals surface area contributed by atoms with E-state index in [1.807, 2.05) is 6.92 Å². The van der Waals surface area contributed by atoms with Crippen LogP contribution in [0.15, 0.2) is 23.1 Å². The first kappa shape index (κ1) is 30.6. The predicted octanol–water partition coefficient (Wildman–Crippen LogP) is 3.49. The van der Waals surface area contributed by atoms with Gasteiger partial charge in [-0.2, -0.15) is 4.39 Å². The van der Waals surface area contributed by atoms with Crippen molar-refractivity contribution in [3.8, 4) is 5.75 Å². The van der Waals surface area contributed by atoms with E-state index in [0.29, 0.717) is 34.9 Å². The van der Waals surface area contributed by atoms with Gasteiger partial charge in [-0.3, -0.25) is 9.69 Å². The Hall–Kier alpha value is -4.37. The van der Waals surface area contributed by atoms with Crippen molar-refractivity contribution >= 4 is 34.3 Å². The molecule has 240 valence electrons. The molecule has 11 nitrogen and oxygen atoms in total. The van der Waals surface area contributed by atoms with Crippen molar-refractivity contribution in [3.05, 3.63) is 62.9 Å². The van der Waals surface area contributed by atoms with Crippen molar-refractivity contribution in [2.45, 2.75) is 50.4 Å². The Bertz CT molecular complexity index is 1790. The molecule has 2 atom stereocenters. The third-order valence-electron chi connectivity index (χ3n) is 8.81. The number of carbonyl (C=O) groups is 2. The Morgan fingerprint density at radius 2 is 1.78 bits per heavy atom. The number of nitrogens with zero attached hydrogens (tertiary/aromatic N) is 3. The first-order chi connectivity index (χ1) is 21.3. The van der Waals surface area contributed by atoms with Crippen LogP contribution in [0, 0.1) is 23.3 Å². The molecule has 2 saturated heterocycles. The van der Waals surface area contributed by atoms with Gasteiger partial charge in [0.05, 0.1) is 24.4 Å². The molecule has 0 saturated carbocycles. The van der Waals surface area contributed by atoms with E-state index in [-0.39, 0.29) is 49.6 Å². The summed E-state index contributed by atoms with van der Waals surface area (Å²) in [5.74, 6) is -7.54. The molecule has 0 bridgehead atoms. The molecule has 1 amide bonds. The maximum Gasteiger partial charge on any atom is 0.415 e. The van der Waals surface area contributed by atoms with Gasteiger partial charge in [0.2, 0.25) is 11.2 Å². The van der Waals surface area contributed by atoms with Crippen molar-refractivity contribution < 1.29 is 51.9 Å². The number of aliphatic hydroxyl groups excluding tert-OH is 1. The highest BCUT2D eigenvalue weighted by Gasteiger charge is 2.39. The molecule has 2 aromatic carbocycles. The van der Waals surface area contributed by atoms with E-state index in [0.717, 1.165) is 6.07 Å². The maximum atomic E-state index is 15.6. The molecule has 0 spiro atoms. The van der Waals surface area contributed by atoms with Crippen LogP contribution < -0.4 is 20.0 Å². The van der Waals surface area contributed by atoms with Crippen LogP contribution in [0.1, 0.15) is 48.1 Å². The molecule has 3 aromatic rings. The van der Waals surface area contributed by atoms with Gasteiger partial charge in [-0.25, -0.2) is 22.8 Å². The van der Waals surface area contributed by atoms with Gasteiger partial charge in [0.25, 0.3) is 0 Å². The van der Waals surface area contributed by atoms with E-state index in [9.17, 15) is 37.8 Å². The number of hydrogen-bond donors (Lipinski definition) is 3. The Kier molecular flexibility index (Phi) is 7.64. The van der Waals surface area contributed by atoms with Crippen LogP contribution in [0.3, 0.4) is 0 Å². The zero-order valence-corrected chi connectivity index (χ0v) is 24.0. The van der Waals surface area contributed by atoms with Crippen LogP contribution in [0.4, 0.5) is 33.7 Å². The lowest BCUT2D eigenvalue weighted by Gasteiger charge is -2.40. The fourth-order valence-electron chi connectivity index (χ4n) is 6.35. The predicted molar refractivity (Wildman–Crippen MR) is 151 cm³/mol. The largest absolute Gasteiger partial charge is 0.487 e. The average Bonchev–Trinajstić information content (AvgIpc) is 3.37. The Morgan fingerprint density at radius 1 is 1.09 bits per heavy atom. The molecule has 6 rings (SSSR count). The smallest absolute Gasteiger partial charge is 0.415 e. The van der Waals surface area contributed by atoms with Crippen molar-refractivity contribution in [2.24, 2.45) is 0 Å². The monoisotopic (exact) mass is 635 g/mol. The number of rotatable bonds is 7. The number of aryl methyl sites for hydroxylation is 1. The highest BCUT2D eigenvalue weighted by atomic mass is 19.2. The second-order valence-electron chi connectivity index (χ2n) is 11.7. The maximum absolute atomic E-state index is 15.6. The van der Waals surface area contributed by atoms with E-state index >= 15 is 4.39 Å². The van der Waals surface area contributed by atoms with Crippen LogP contribution in [-0.2, 0) is 11.2 Å². The number of benzene rings is 2. The number of carboxylic acid groups (broad SMARTS) is 1. The van der Waals surface area contributed by atoms with Crippen LogP contribution in [0.2, 0.25) is 0 Å². The molecular weight excluding hydrogens is 606 g/mol. The molecule has 4 heterocycles. The van der Waals surface area contributed by atoms with E-state index in [1.54, 1.807) is 9.47 Å². The summed E-state index contributed by atoms with van der Waals surface area (Å²) in [5.41, 5.74) is -2.53. The number of amides is 1. The van der Waals surface area contributed by atoms with Crippen molar-refractivity contribution in [1.29, 1.82) is 0 Å². The normalized spacial score (nSPS) is 20.9. The van der Waals surface area contributed by atoms with Crippen LogP contribution in [0.25, 0.3) is 10.9 Å². The highest BCUT2D eigenvalue weighted by Crippen LogP contribution is 2.40. The number of halogens is 4. The van der Waals surface area contributed by atoms with Crippen LogP contribution >= 0.6 is 0 Å². The van der Waals surface area contributed by atoms with E-state index in [2.05, 4.69) is 0 Å². The summed E-state index contributed by atoms with van der Waals surface area (Å²) in [7, 11) is 0. The number of ether oxygens (including phenoxy) is 2. The van der Waals surface area contributed by atoms with Gasteiger partial charge in [0.15, 0.2) is 17.4 Å². The first-order valence-electron chi connectivity index (χ1n) is 14.3. The van der Waals surface area contributed by atoms with Gasteiger partial charge in [-0.1, -0.05) is 0 Å². The number of anilines is 2. The van der Waals surface area contributed by atoms with E-state index in [1.165, 1.54) is 6.20 Å². The molecule has 2 fully saturated rings. The average molecular weight is 636 g/mol. The summed E-state index contributed by atoms with van der Waals surface area (Å²) < 4.78 is 72.0. The SMILES string of the molecule is C[C@H]1CCc2c(N3CCC(O)(COc4cc(F)c(N5C[C@H](CO)OC5=O)c(F)c4F)CC3)c(F)cc3c(=O)c(C(=O)O)cn1c23. The summed E-state index contributed by atoms with van der Waals surface area (Å²) in [4.78, 5) is 38.8. The van der Waals surface area contributed by atoms with Gasteiger partial charge in [-0.05, 0) is 38.7 Å². The lowest BCUT2D eigenvalue weighted by molar-refractivity contribution is -0.0253. The van der Waals surface area contributed by atoms with E-state index in [4.69, 9.17) is 14.6 Å². The minimum absolute atomic E-state index is 0.0118. The molecular formula is C30H29F4N3O8. The number of carbonyl (C=O) groups excluding carboxylic acids is 1. The van der Waals surface area contributed by atoms with Crippen molar-refractivity contribution in [3.63, 3.8) is 0 Å². The van der Waals surface area contributed by atoms with E-state index < -0.39 is 82.7 Å². The Balaban J connectivity index is 1.21. The number of aromatic carboxylic acids is 1. The van der Waals surface area contributed by atoms with Gasteiger partial charge < -0.3 is 34.3 Å². The lowest BCUT2D eigenvalue weighted by atomic mass is 9.89. The number of carboxylic acids is 1. The molecule has 1 aromatic heterocycles. The number of pyridine rings is 1. The lowest BCUT2D eigenvalue weighted by Crippen LogP contribution is -2.48. The summed E-state index contributed by atoms with van der Waals surface area (Å²) in [6, 6.07) is 1.46. The van der Waals surface area contributed by atoms with Crippen LogP contribution in [-0.4, -0.2) is 76.5 Å². The summed E-state index contributed by atoms with van der Waals surface area (Å²) in [6.45, 7) is 0.595. The van der Waals surface area contributed by atoms with Gasteiger partial charge >= 0.3 is 12.1 Å². The summed E-state index contributed by atoms with van der Waals surface area (Å²) in [5, 5.41) is 29.8. The summed E-state index contributed by atoms with van der Waals surface area (Å²) in [6.07, 6.45) is 0.133. The standard InChI is InChI=1S/C30H29F4N3O8/c1-14-2-3-16-24-17(27(39)18(28(40)41)11-36(14)24)8-19(31)25(16)35-6-4-30(43,5-7-35)13-44-21-9-20(32)26(23(34)22(21)33)37-10-15(12-38)45-29(37)42/h8-9,11,14-15,38,43H,2-7,10,12-13H2,1H3,(H,40,41)/t14-,15+/m0/s1. The number of aromatic nitrogens is 1. The topological polar surface area (TPSA) is 142 Å². The molecule has 45 heavy (non-hydrogen) atoms. The third kappa shape index (κ3) is 5.13. The molecule has 0 radical (unpaired) electrons. The zero-order valence-electron chi connectivity index (χ0n) is 24.0. The fourth-order valence-corrected chi connectivity index (χ4v) is 6.35. The number of aliphatic hydroxyl groups is 2. The number of cyclic esters (lactones) is 1. The molecule has 0 aliphatic carbocycles. The molecule has 3 aliphatic heterocycles. The minimum atomic E-state index is -1.70. The van der Waals surface area contributed by atoms with Crippen LogP contribution in [0.5, 0.6) is 5.75 Å². The molecule has 3 aliphatic rings. The second-order valence-corrected chi connectivity index (χ2v) is 11.7. The second kappa shape index (κ2) is 11.2. The highest BCUT2D eigenvalue weighted by molar-refractivity contribution is 5.95. The number of piperidine rings is 1. The molecule has 15 heteroatoms. The van der Waals surface area contributed by atoms with Gasteiger partial charge in [-0.15, -0.1) is 0 Å². The van der Waals surface area contributed by atoms with Gasteiger partial charge in [0.1, 0.15) is 35.4 Å². The Morgan fingerprint density at radius 3 is 2.42 bits per heavy atom. The minimum Gasteiger partial charge on any atom is -0.487 e. The Labute approximate surface area is 252 Å². The zero-order chi connectivity index (χ0) is 32.4.